The van der Waals surface area contributed by atoms with E-state index in [4.69, 9.17) is 10.8 Å². The Labute approximate surface area is 108 Å². The number of carboxylic acid groups (broad SMARTS) is 1. The fraction of sp³-hybridized carbons (Fsp3) is 0. The quantitative estimate of drug-likeness (QED) is 0.602. The van der Waals surface area contributed by atoms with Crippen molar-refractivity contribution >= 4 is 27.4 Å². The molecule has 19 heavy (non-hydrogen) atoms. The minimum atomic E-state index is -3.88. The fourth-order valence-corrected chi connectivity index (χ4v) is 2.59. The van der Waals surface area contributed by atoms with Crippen LogP contribution in [0.4, 0.5) is 11.4 Å². The largest absolute Gasteiger partial charge is 0.478 e. The van der Waals surface area contributed by atoms with E-state index in [0.717, 1.165) is 12.1 Å². The first-order valence-corrected chi connectivity index (χ1v) is 6.53. The molecule has 0 radical (unpaired) electrons. The lowest BCUT2D eigenvalue weighted by Gasteiger charge is -2.09. The van der Waals surface area contributed by atoms with Crippen molar-refractivity contribution < 1.29 is 18.3 Å². The van der Waals surface area contributed by atoms with E-state index in [1.165, 1.54) is 18.5 Å². The number of hydrogen-bond donors (Lipinski definition) is 4. The van der Waals surface area contributed by atoms with Gasteiger partial charge >= 0.3 is 5.97 Å². The van der Waals surface area contributed by atoms with Crippen LogP contribution in [0.1, 0.15) is 10.4 Å². The number of anilines is 2. The van der Waals surface area contributed by atoms with Crippen LogP contribution < -0.4 is 10.5 Å². The first-order valence-electron chi connectivity index (χ1n) is 5.04. The summed E-state index contributed by atoms with van der Waals surface area (Å²) in [6.07, 6.45) is 2.65. The average Bonchev–Trinajstić information content (AvgIpc) is 2.80. The fourth-order valence-electron chi connectivity index (χ4n) is 1.44. The van der Waals surface area contributed by atoms with Crippen LogP contribution in [-0.4, -0.2) is 29.7 Å². The van der Waals surface area contributed by atoms with E-state index in [9.17, 15) is 13.2 Å². The zero-order valence-corrected chi connectivity index (χ0v) is 10.3. The van der Waals surface area contributed by atoms with E-state index in [0.29, 0.717) is 0 Å². The molecule has 0 atom stereocenters. The number of benzene rings is 1. The maximum Gasteiger partial charge on any atom is 0.335 e. The molecule has 0 bridgehead atoms. The molecule has 0 fully saturated rings. The molecule has 1 aromatic carbocycles. The van der Waals surface area contributed by atoms with Gasteiger partial charge in [0, 0.05) is 6.20 Å². The molecule has 2 aromatic rings. The average molecular weight is 282 g/mol. The number of nitrogens with one attached hydrogen (secondary N) is 2. The number of carbonyl (C=O) groups is 1. The smallest absolute Gasteiger partial charge is 0.335 e. The number of H-pyrrole nitrogens is 1. The predicted molar refractivity (Wildman–Crippen MR) is 67.2 cm³/mol. The van der Waals surface area contributed by atoms with Crippen molar-refractivity contribution in [1.29, 1.82) is 0 Å². The predicted octanol–water partition coefficient (Wildman–Crippen LogP) is 0.491. The van der Waals surface area contributed by atoms with Gasteiger partial charge in [-0.2, -0.15) is 5.10 Å². The standard InChI is InChI=1S/C10H10N4O4S/c11-8-3-6(10(15)16)1-2-9(8)19(17,18)14-7-4-12-13-5-7/h1-5,14H,11H2,(H,12,13)(H,15,16). The van der Waals surface area contributed by atoms with Crippen LogP contribution in [0.15, 0.2) is 35.5 Å². The van der Waals surface area contributed by atoms with Crippen molar-refractivity contribution in [2.24, 2.45) is 0 Å². The second-order valence-corrected chi connectivity index (χ2v) is 5.30. The van der Waals surface area contributed by atoms with Gasteiger partial charge < -0.3 is 10.8 Å². The van der Waals surface area contributed by atoms with Gasteiger partial charge in [-0.25, -0.2) is 13.2 Å². The molecule has 0 unspecified atom stereocenters. The number of aromatic carboxylic acids is 1. The summed E-state index contributed by atoms with van der Waals surface area (Å²) in [4.78, 5) is 10.5. The monoisotopic (exact) mass is 282 g/mol. The molecule has 0 amide bonds. The second kappa shape index (κ2) is 4.61. The van der Waals surface area contributed by atoms with Gasteiger partial charge in [0.1, 0.15) is 4.90 Å². The first kappa shape index (κ1) is 12.9. The van der Waals surface area contributed by atoms with Gasteiger partial charge in [0.15, 0.2) is 0 Å². The number of hydrogen-bond acceptors (Lipinski definition) is 5. The van der Waals surface area contributed by atoms with Crippen molar-refractivity contribution in [2.75, 3.05) is 10.5 Å². The zero-order chi connectivity index (χ0) is 14.0. The van der Waals surface area contributed by atoms with Crippen LogP contribution in [-0.2, 0) is 10.0 Å². The molecule has 0 aliphatic heterocycles. The highest BCUT2D eigenvalue weighted by Gasteiger charge is 2.19. The summed E-state index contributed by atoms with van der Waals surface area (Å²) in [5.74, 6) is -1.18. The lowest BCUT2D eigenvalue weighted by Crippen LogP contribution is -2.15. The summed E-state index contributed by atoms with van der Waals surface area (Å²) in [5.41, 5.74) is 5.59. The molecule has 0 aliphatic rings. The van der Waals surface area contributed by atoms with E-state index in [1.54, 1.807) is 0 Å². The normalized spacial score (nSPS) is 11.2. The van der Waals surface area contributed by atoms with Gasteiger partial charge in [0.25, 0.3) is 10.0 Å². The number of carboxylic acids is 1. The molecule has 5 N–H and O–H groups in total. The third-order valence-electron chi connectivity index (χ3n) is 2.30. The van der Waals surface area contributed by atoms with Crippen LogP contribution in [0.2, 0.25) is 0 Å². The Morgan fingerprint density at radius 1 is 1.42 bits per heavy atom. The Hall–Kier alpha value is -2.55. The highest BCUT2D eigenvalue weighted by Crippen LogP contribution is 2.22. The Bertz CT molecular complexity index is 709. The Morgan fingerprint density at radius 3 is 2.68 bits per heavy atom. The number of sulfonamides is 1. The number of nitrogens with zero attached hydrogens (tertiary/aromatic N) is 1. The molecule has 9 heteroatoms. The first-order chi connectivity index (χ1) is 8.90. The molecule has 0 aliphatic carbocycles. The Balaban J connectivity index is 2.38. The zero-order valence-electron chi connectivity index (χ0n) is 9.49. The highest BCUT2D eigenvalue weighted by molar-refractivity contribution is 7.92. The molecule has 8 nitrogen and oxygen atoms in total. The Morgan fingerprint density at radius 2 is 2.16 bits per heavy atom. The van der Waals surface area contributed by atoms with Crippen molar-refractivity contribution in [3.63, 3.8) is 0 Å². The molecule has 1 aromatic heterocycles. The molecule has 2 rings (SSSR count). The van der Waals surface area contributed by atoms with Crippen LogP contribution in [0.25, 0.3) is 0 Å². The summed E-state index contributed by atoms with van der Waals surface area (Å²) in [5, 5.41) is 14.8. The summed E-state index contributed by atoms with van der Waals surface area (Å²) in [6, 6.07) is 3.40. The molecule has 1 heterocycles. The number of nitrogen functional groups attached to an aromatic ring is 1. The molecule has 0 spiro atoms. The maximum atomic E-state index is 12.0. The summed E-state index contributed by atoms with van der Waals surface area (Å²) < 4.78 is 26.3. The van der Waals surface area contributed by atoms with Gasteiger partial charge in [-0.3, -0.25) is 9.82 Å². The van der Waals surface area contributed by atoms with Crippen LogP contribution in [0.3, 0.4) is 0 Å². The van der Waals surface area contributed by atoms with Gasteiger partial charge in [0.05, 0.1) is 23.1 Å². The molecular formula is C10H10N4O4S. The van der Waals surface area contributed by atoms with Gasteiger partial charge in [-0.1, -0.05) is 0 Å². The minimum Gasteiger partial charge on any atom is -0.478 e. The van der Waals surface area contributed by atoms with Crippen LogP contribution in [0, 0.1) is 0 Å². The van der Waals surface area contributed by atoms with Gasteiger partial charge in [0.2, 0.25) is 0 Å². The SMILES string of the molecule is Nc1cc(C(=O)O)ccc1S(=O)(=O)Nc1cn[nH]c1. The number of aromatic nitrogens is 2. The van der Waals surface area contributed by atoms with E-state index in [-0.39, 0.29) is 21.8 Å². The highest BCUT2D eigenvalue weighted by atomic mass is 32.2. The number of rotatable bonds is 4. The van der Waals surface area contributed by atoms with E-state index in [2.05, 4.69) is 14.9 Å². The number of nitrogens with two attached hydrogens (primary N) is 1. The lowest BCUT2D eigenvalue weighted by atomic mass is 10.2. The van der Waals surface area contributed by atoms with Crippen molar-refractivity contribution in [2.45, 2.75) is 4.90 Å². The molecule has 0 saturated heterocycles. The Kier molecular flexibility index (Phi) is 3.13. The van der Waals surface area contributed by atoms with Crippen molar-refractivity contribution in [1.82, 2.24) is 10.2 Å². The van der Waals surface area contributed by atoms with E-state index in [1.807, 2.05) is 0 Å². The van der Waals surface area contributed by atoms with E-state index < -0.39 is 16.0 Å². The van der Waals surface area contributed by atoms with Crippen molar-refractivity contribution in [3.8, 4) is 0 Å². The van der Waals surface area contributed by atoms with Crippen molar-refractivity contribution in [3.05, 3.63) is 36.2 Å². The minimum absolute atomic E-state index is 0.0836. The lowest BCUT2D eigenvalue weighted by molar-refractivity contribution is 0.0697. The third-order valence-corrected chi connectivity index (χ3v) is 3.75. The van der Waals surface area contributed by atoms with Crippen LogP contribution in [0.5, 0.6) is 0 Å². The summed E-state index contributed by atoms with van der Waals surface area (Å²) >= 11 is 0. The van der Waals surface area contributed by atoms with Gasteiger partial charge in [-0.05, 0) is 18.2 Å². The van der Waals surface area contributed by atoms with E-state index >= 15 is 0 Å². The molecule has 100 valence electrons. The third kappa shape index (κ3) is 2.65. The summed E-state index contributed by atoms with van der Waals surface area (Å²) in [7, 11) is -3.88. The maximum absolute atomic E-state index is 12.0. The van der Waals surface area contributed by atoms with Gasteiger partial charge in [-0.15, -0.1) is 0 Å². The molecular weight excluding hydrogens is 272 g/mol. The van der Waals surface area contributed by atoms with Crippen LogP contribution >= 0.6 is 0 Å². The number of aromatic amines is 1. The molecule has 0 saturated carbocycles. The second-order valence-electron chi connectivity index (χ2n) is 3.65. The topological polar surface area (TPSA) is 138 Å². The summed E-state index contributed by atoms with van der Waals surface area (Å²) in [6.45, 7) is 0.